The van der Waals surface area contributed by atoms with Gasteiger partial charge in [0.2, 0.25) is 5.91 Å². The number of ether oxygens (including phenoxy) is 1. The average Bonchev–Trinajstić information content (AvgIpc) is 2.41. The standard InChI is InChI=1S/C12H11ClF4N2O3/c13-7-2-1-3-8(10(7)14)19-9(20)4-5-18-11(21)22-6-12(15,16)17/h1-3H,4-6H2,(H,18,21)(H,19,20). The minimum absolute atomic E-state index is 0.142. The lowest BCUT2D eigenvalue weighted by atomic mass is 10.3. The van der Waals surface area contributed by atoms with Gasteiger partial charge in [0.15, 0.2) is 12.4 Å². The maximum absolute atomic E-state index is 13.5. The highest BCUT2D eigenvalue weighted by Crippen LogP contribution is 2.21. The second-order valence-corrected chi connectivity index (χ2v) is 4.42. The second-order valence-electron chi connectivity index (χ2n) is 4.02. The van der Waals surface area contributed by atoms with Gasteiger partial charge in [-0.2, -0.15) is 13.2 Å². The van der Waals surface area contributed by atoms with Crippen LogP contribution in [0.2, 0.25) is 5.02 Å². The van der Waals surface area contributed by atoms with Gasteiger partial charge in [0.25, 0.3) is 0 Å². The molecule has 0 bridgehead atoms. The summed E-state index contributed by atoms with van der Waals surface area (Å²) in [4.78, 5) is 22.4. The van der Waals surface area contributed by atoms with Crippen molar-refractivity contribution in [3.8, 4) is 0 Å². The third kappa shape index (κ3) is 6.61. The number of amides is 2. The van der Waals surface area contributed by atoms with Crippen molar-refractivity contribution < 1.29 is 31.9 Å². The summed E-state index contributed by atoms with van der Waals surface area (Å²) < 4.78 is 52.6. The molecule has 0 spiro atoms. The molecule has 0 atom stereocenters. The van der Waals surface area contributed by atoms with Crippen molar-refractivity contribution >= 4 is 29.3 Å². The van der Waals surface area contributed by atoms with Crippen LogP contribution in [0.1, 0.15) is 6.42 Å². The van der Waals surface area contributed by atoms with Gasteiger partial charge in [0.1, 0.15) is 0 Å². The molecule has 1 aromatic rings. The van der Waals surface area contributed by atoms with Gasteiger partial charge in [-0.25, -0.2) is 9.18 Å². The molecule has 0 fully saturated rings. The molecule has 0 aliphatic carbocycles. The lowest BCUT2D eigenvalue weighted by Gasteiger charge is -2.09. The number of carbonyl (C=O) groups excluding carboxylic acids is 2. The van der Waals surface area contributed by atoms with Crippen LogP contribution in [-0.4, -0.2) is 31.3 Å². The Bertz CT molecular complexity index is 552. The molecule has 22 heavy (non-hydrogen) atoms. The first-order valence-corrected chi connectivity index (χ1v) is 6.28. The molecule has 2 amide bonds. The third-order valence-corrected chi connectivity index (χ3v) is 2.51. The molecule has 0 aliphatic rings. The summed E-state index contributed by atoms with van der Waals surface area (Å²) in [6, 6.07) is 4.00. The van der Waals surface area contributed by atoms with Crippen LogP contribution >= 0.6 is 11.6 Å². The van der Waals surface area contributed by atoms with E-state index in [9.17, 15) is 27.2 Å². The third-order valence-electron chi connectivity index (χ3n) is 2.21. The van der Waals surface area contributed by atoms with Crippen molar-refractivity contribution in [2.75, 3.05) is 18.5 Å². The lowest BCUT2D eigenvalue weighted by Crippen LogP contribution is -2.31. The van der Waals surface area contributed by atoms with Crippen LogP contribution < -0.4 is 10.6 Å². The predicted octanol–water partition coefficient (Wildman–Crippen LogP) is 3.10. The molecule has 2 N–H and O–H groups in total. The van der Waals surface area contributed by atoms with E-state index in [0.717, 1.165) is 0 Å². The molecule has 0 aromatic heterocycles. The van der Waals surface area contributed by atoms with E-state index in [0.29, 0.717) is 0 Å². The number of halogens is 5. The SMILES string of the molecule is O=C(CCNC(=O)OCC(F)(F)F)Nc1cccc(Cl)c1F. The van der Waals surface area contributed by atoms with Gasteiger partial charge in [-0.15, -0.1) is 0 Å². The Hall–Kier alpha value is -2.03. The van der Waals surface area contributed by atoms with Crippen LogP contribution in [-0.2, 0) is 9.53 Å². The van der Waals surface area contributed by atoms with E-state index in [1.807, 2.05) is 5.32 Å². The summed E-state index contributed by atoms with van der Waals surface area (Å²) in [5.41, 5.74) is -0.142. The number of hydrogen-bond donors (Lipinski definition) is 2. The normalized spacial score (nSPS) is 11.0. The molecule has 0 unspecified atom stereocenters. The van der Waals surface area contributed by atoms with Gasteiger partial charge in [0, 0.05) is 13.0 Å². The smallest absolute Gasteiger partial charge is 0.422 e. The number of benzene rings is 1. The number of anilines is 1. The lowest BCUT2D eigenvalue weighted by molar-refractivity contribution is -0.160. The number of rotatable bonds is 5. The van der Waals surface area contributed by atoms with Crippen molar-refractivity contribution in [2.45, 2.75) is 12.6 Å². The zero-order valence-corrected chi connectivity index (χ0v) is 11.7. The number of carbonyl (C=O) groups is 2. The first-order valence-electron chi connectivity index (χ1n) is 5.90. The van der Waals surface area contributed by atoms with Crippen molar-refractivity contribution in [3.63, 3.8) is 0 Å². The Morgan fingerprint density at radius 1 is 1.27 bits per heavy atom. The minimum Gasteiger partial charge on any atom is -0.440 e. The van der Waals surface area contributed by atoms with E-state index in [-0.39, 0.29) is 23.7 Å². The Labute approximate surface area is 127 Å². The molecule has 0 saturated heterocycles. The molecule has 10 heteroatoms. The van der Waals surface area contributed by atoms with Crippen LogP contribution in [0.5, 0.6) is 0 Å². The molecule has 0 aliphatic heterocycles. The van der Waals surface area contributed by atoms with Crippen molar-refractivity contribution in [2.24, 2.45) is 0 Å². The molecular weight excluding hydrogens is 332 g/mol. The molecule has 122 valence electrons. The second kappa shape index (κ2) is 7.83. The van der Waals surface area contributed by atoms with E-state index >= 15 is 0 Å². The van der Waals surface area contributed by atoms with Crippen LogP contribution in [0.25, 0.3) is 0 Å². The van der Waals surface area contributed by atoms with Crippen molar-refractivity contribution in [1.29, 1.82) is 0 Å². The summed E-state index contributed by atoms with van der Waals surface area (Å²) in [6.07, 6.45) is -6.22. The van der Waals surface area contributed by atoms with Gasteiger partial charge in [-0.3, -0.25) is 4.79 Å². The first kappa shape index (κ1) is 18.0. The van der Waals surface area contributed by atoms with Crippen molar-refractivity contribution in [3.05, 3.63) is 29.0 Å². The summed E-state index contributed by atoms with van der Waals surface area (Å²) in [5.74, 6) is -1.47. The highest BCUT2D eigenvalue weighted by Gasteiger charge is 2.29. The van der Waals surface area contributed by atoms with Gasteiger partial charge < -0.3 is 15.4 Å². The first-order chi connectivity index (χ1) is 10.2. The quantitative estimate of drug-likeness (QED) is 0.808. The molecule has 0 heterocycles. The number of hydrogen-bond acceptors (Lipinski definition) is 3. The van der Waals surface area contributed by atoms with Crippen LogP contribution in [0.3, 0.4) is 0 Å². The van der Waals surface area contributed by atoms with Gasteiger partial charge in [0.05, 0.1) is 10.7 Å². The fourth-order valence-corrected chi connectivity index (χ4v) is 1.46. The average molecular weight is 343 g/mol. The zero-order valence-electron chi connectivity index (χ0n) is 11.0. The van der Waals surface area contributed by atoms with Gasteiger partial charge in [-0.05, 0) is 12.1 Å². The molecule has 0 saturated carbocycles. The zero-order chi connectivity index (χ0) is 16.8. The number of nitrogens with one attached hydrogen (secondary N) is 2. The predicted molar refractivity (Wildman–Crippen MR) is 70.1 cm³/mol. The monoisotopic (exact) mass is 342 g/mol. The van der Waals surface area contributed by atoms with E-state index in [2.05, 4.69) is 10.1 Å². The molecule has 1 rings (SSSR count). The van der Waals surface area contributed by atoms with E-state index in [1.165, 1.54) is 18.2 Å². The van der Waals surface area contributed by atoms with Gasteiger partial charge >= 0.3 is 12.3 Å². The summed E-state index contributed by atoms with van der Waals surface area (Å²) in [6.45, 7) is -2.00. The number of alkyl halides is 3. The maximum Gasteiger partial charge on any atom is 0.422 e. The number of alkyl carbamates (subject to hydrolysis) is 1. The summed E-state index contributed by atoms with van der Waals surface area (Å²) in [5, 5.41) is 3.99. The Kier molecular flexibility index (Phi) is 6.41. The van der Waals surface area contributed by atoms with Crippen LogP contribution in [0, 0.1) is 5.82 Å². The Balaban J connectivity index is 2.32. The Morgan fingerprint density at radius 2 is 1.95 bits per heavy atom. The summed E-state index contributed by atoms with van der Waals surface area (Å²) in [7, 11) is 0. The van der Waals surface area contributed by atoms with E-state index in [4.69, 9.17) is 11.6 Å². The fraction of sp³-hybridized carbons (Fsp3) is 0.333. The topological polar surface area (TPSA) is 67.4 Å². The van der Waals surface area contributed by atoms with E-state index < -0.39 is 30.6 Å². The summed E-state index contributed by atoms with van der Waals surface area (Å²) >= 11 is 5.52. The van der Waals surface area contributed by atoms with Crippen molar-refractivity contribution in [1.82, 2.24) is 5.32 Å². The van der Waals surface area contributed by atoms with Crippen LogP contribution in [0.4, 0.5) is 28.0 Å². The molecular formula is C12H11ClF4N2O3. The molecule has 1 aromatic carbocycles. The fourth-order valence-electron chi connectivity index (χ4n) is 1.29. The largest absolute Gasteiger partial charge is 0.440 e. The Morgan fingerprint density at radius 3 is 2.59 bits per heavy atom. The van der Waals surface area contributed by atoms with Crippen LogP contribution in [0.15, 0.2) is 18.2 Å². The molecule has 0 radical (unpaired) electrons. The van der Waals surface area contributed by atoms with E-state index in [1.54, 1.807) is 0 Å². The molecule has 5 nitrogen and oxygen atoms in total. The highest BCUT2D eigenvalue weighted by molar-refractivity contribution is 6.31. The van der Waals surface area contributed by atoms with Gasteiger partial charge in [-0.1, -0.05) is 17.7 Å². The highest BCUT2D eigenvalue weighted by atomic mass is 35.5. The minimum atomic E-state index is -4.63. The maximum atomic E-state index is 13.5.